The third kappa shape index (κ3) is 2.90. The summed E-state index contributed by atoms with van der Waals surface area (Å²) >= 11 is 1.52. The van der Waals surface area contributed by atoms with Gasteiger partial charge in [0.15, 0.2) is 0 Å². The molecular formula is C16H24N4OS. The molecule has 0 saturated carbocycles. The average molecular weight is 320 g/mol. The Labute approximate surface area is 135 Å². The molecule has 1 aliphatic heterocycles. The van der Waals surface area contributed by atoms with E-state index in [1.54, 1.807) is 0 Å². The summed E-state index contributed by atoms with van der Waals surface area (Å²) in [6.45, 7) is 8.58. The number of likely N-dealkylation sites (tertiary alicyclic amines) is 1. The molecule has 1 amide bonds. The predicted octanol–water partition coefficient (Wildman–Crippen LogP) is 2.55. The van der Waals surface area contributed by atoms with Crippen molar-refractivity contribution >= 4 is 27.5 Å². The molecule has 1 aliphatic rings. The maximum atomic E-state index is 12.5. The molecule has 2 aromatic rings. The first-order valence-electron chi connectivity index (χ1n) is 7.93. The van der Waals surface area contributed by atoms with E-state index in [9.17, 15) is 4.79 Å². The Morgan fingerprint density at radius 3 is 2.68 bits per heavy atom. The topological polar surface area (TPSA) is 50.2 Å². The first-order chi connectivity index (χ1) is 10.5. The van der Waals surface area contributed by atoms with Crippen molar-refractivity contribution in [1.82, 2.24) is 20.0 Å². The van der Waals surface area contributed by atoms with Crippen LogP contribution in [0.15, 0.2) is 6.07 Å². The highest BCUT2D eigenvalue weighted by molar-refractivity contribution is 7.20. The molecule has 0 bridgehead atoms. The number of aryl methyl sites for hydroxylation is 2. The summed E-state index contributed by atoms with van der Waals surface area (Å²) in [4.78, 5) is 16.8. The van der Waals surface area contributed by atoms with Crippen LogP contribution in [0.4, 0.5) is 0 Å². The fraction of sp³-hybridized carbons (Fsp3) is 0.625. The molecule has 0 unspecified atom stereocenters. The van der Waals surface area contributed by atoms with E-state index in [1.807, 2.05) is 24.7 Å². The van der Waals surface area contributed by atoms with Gasteiger partial charge in [0.25, 0.3) is 5.91 Å². The van der Waals surface area contributed by atoms with Gasteiger partial charge < -0.3 is 10.2 Å². The van der Waals surface area contributed by atoms with E-state index in [0.717, 1.165) is 46.7 Å². The van der Waals surface area contributed by atoms with Crippen LogP contribution >= 0.6 is 11.3 Å². The SMILES string of the molecule is Cc1nn(C)c2sc(C(=O)NC3CCN(C(C)C)CC3)cc12. The van der Waals surface area contributed by atoms with Crippen molar-refractivity contribution in [2.24, 2.45) is 7.05 Å². The number of carbonyl (C=O) groups is 1. The van der Waals surface area contributed by atoms with E-state index in [2.05, 4.69) is 29.2 Å². The van der Waals surface area contributed by atoms with Crippen molar-refractivity contribution < 1.29 is 4.79 Å². The molecule has 0 spiro atoms. The van der Waals surface area contributed by atoms with Gasteiger partial charge >= 0.3 is 0 Å². The second-order valence-electron chi connectivity index (χ2n) is 6.42. The van der Waals surface area contributed by atoms with Crippen LogP contribution in [0.2, 0.25) is 0 Å². The minimum absolute atomic E-state index is 0.0589. The van der Waals surface area contributed by atoms with E-state index in [4.69, 9.17) is 0 Å². The van der Waals surface area contributed by atoms with Gasteiger partial charge in [0.05, 0.1) is 10.6 Å². The van der Waals surface area contributed by atoms with Gasteiger partial charge in [-0.3, -0.25) is 9.48 Å². The molecule has 0 atom stereocenters. The zero-order chi connectivity index (χ0) is 15.9. The Morgan fingerprint density at radius 2 is 2.09 bits per heavy atom. The second-order valence-corrected chi connectivity index (χ2v) is 7.45. The van der Waals surface area contributed by atoms with Gasteiger partial charge in [-0.25, -0.2) is 0 Å². The Kier molecular flexibility index (Phi) is 4.23. The van der Waals surface area contributed by atoms with E-state index < -0.39 is 0 Å². The van der Waals surface area contributed by atoms with Crippen LogP contribution in [0.3, 0.4) is 0 Å². The molecule has 0 aliphatic carbocycles. The Balaban J connectivity index is 1.65. The summed E-state index contributed by atoms with van der Waals surface area (Å²) in [6.07, 6.45) is 2.07. The number of fused-ring (bicyclic) bond motifs is 1. The minimum atomic E-state index is 0.0589. The molecule has 22 heavy (non-hydrogen) atoms. The first kappa shape index (κ1) is 15.5. The van der Waals surface area contributed by atoms with Crippen molar-refractivity contribution in [3.8, 4) is 0 Å². The fourth-order valence-corrected chi connectivity index (χ4v) is 4.16. The third-order valence-corrected chi connectivity index (χ3v) is 5.72. The Morgan fingerprint density at radius 1 is 1.41 bits per heavy atom. The summed E-state index contributed by atoms with van der Waals surface area (Å²) in [6, 6.07) is 2.86. The van der Waals surface area contributed by atoms with Crippen molar-refractivity contribution in [3.05, 3.63) is 16.6 Å². The van der Waals surface area contributed by atoms with Gasteiger partial charge in [0.2, 0.25) is 0 Å². The average Bonchev–Trinajstić information content (AvgIpc) is 3.02. The Bertz CT molecular complexity index is 645. The molecule has 3 rings (SSSR count). The molecule has 1 fully saturated rings. The monoisotopic (exact) mass is 320 g/mol. The summed E-state index contributed by atoms with van der Waals surface area (Å²) in [5, 5.41) is 8.67. The number of amides is 1. The van der Waals surface area contributed by atoms with Gasteiger partial charge in [-0.2, -0.15) is 5.10 Å². The molecule has 0 aromatic carbocycles. The largest absolute Gasteiger partial charge is 0.349 e. The lowest BCUT2D eigenvalue weighted by Crippen LogP contribution is -2.46. The lowest BCUT2D eigenvalue weighted by molar-refractivity contribution is 0.0905. The van der Waals surface area contributed by atoms with Gasteiger partial charge in [-0.05, 0) is 39.7 Å². The molecule has 3 heterocycles. The number of nitrogens with zero attached hydrogens (tertiary/aromatic N) is 3. The zero-order valence-corrected chi connectivity index (χ0v) is 14.5. The maximum absolute atomic E-state index is 12.5. The van der Waals surface area contributed by atoms with Gasteiger partial charge in [0, 0.05) is 37.6 Å². The normalized spacial score (nSPS) is 17.5. The highest BCUT2D eigenvalue weighted by Gasteiger charge is 2.23. The quantitative estimate of drug-likeness (QED) is 0.945. The molecule has 6 heteroatoms. The summed E-state index contributed by atoms with van der Waals surface area (Å²) in [5.74, 6) is 0.0589. The molecule has 5 nitrogen and oxygen atoms in total. The number of hydrogen-bond donors (Lipinski definition) is 1. The first-order valence-corrected chi connectivity index (χ1v) is 8.75. The number of thiophene rings is 1. The van der Waals surface area contributed by atoms with E-state index in [0.29, 0.717) is 12.1 Å². The molecule has 0 radical (unpaired) electrons. The van der Waals surface area contributed by atoms with Gasteiger partial charge in [-0.1, -0.05) is 0 Å². The van der Waals surface area contributed by atoms with Crippen LogP contribution in [0.5, 0.6) is 0 Å². The number of nitrogens with one attached hydrogen (secondary N) is 1. The van der Waals surface area contributed by atoms with Crippen molar-refractivity contribution in [2.75, 3.05) is 13.1 Å². The van der Waals surface area contributed by atoms with Crippen LogP contribution in [-0.4, -0.2) is 45.8 Å². The number of rotatable bonds is 3. The number of piperidine rings is 1. The minimum Gasteiger partial charge on any atom is -0.349 e. The van der Waals surface area contributed by atoms with Crippen molar-refractivity contribution in [2.45, 2.75) is 45.7 Å². The predicted molar refractivity (Wildman–Crippen MR) is 90.5 cm³/mol. The highest BCUT2D eigenvalue weighted by Crippen LogP contribution is 2.27. The number of hydrogen-bond acceptors (Lipinski definition) is 4. The summed E-state index contributed by atoms with van der Waals surface area (Å²) < 4.78 is 1.85. The van der Waals surface area contributed by atoms with Crippen molar-refractivity contribution in [1.29, 1.82) is 0 Å². The zero-order valence-electron chi connectivity index (χ0n) is 13.7. The van der Waals surface area contributed by atoms with Crippen molar-refractivity contribution in [3.63, 3.8) is 0 Å². The Hall–Kier alpha value is -1.40. The summed E-state index contributed by atoms with van der Waals surface area (Å²) in [5.41, 5.74) is 0.984. The van der Waals surface area contributed by atoms with Crippen LogP contribution in [0.1, 0.15) is 42.1 Å². The lowest BCUT2D eigenvalue weighted by Gasteiger charge is -2.34. The van der Waals surface area contributed by atoms with Crippen LogP contribution in [0.25, 0.3) is 10.2 Å². The third-order valence-electron chi connectivity index (χ3n) is 4.52. The van der Waals surface area contributed by atoms with E-state index in [-0.39, 0.29) is 5.91 Å². The number of aromatic nitrogens is 2. The molecular weight excluding hydrogens is 296 g/mol. The van der Waals surface area contributed by atoms with E-state index in [1.165, 1.54) is 11.3 Å². The lowest BCUT2D eigenvalue weighted by atomic mass is 10.0. The van der Waals surface area contributed by atoms with Crippen LogP contribution in [-0.2, 0) is 7.05 Å². The molecule has 2 aromatic heterocycles. The van der Waals surface area contributed by atoms with Crippen LogP contribution < -0.4 is 5.32 Å². The standard InChI is InChI=1S/C16H24N4OS/c1-10(2)20-7-5-12(6-8-20)17-15(21)14-9-13-11(3)18-19(4)16(13)22-14/h9-10,12H,5-8H2,1-4H3,(H,17,21). The van der Waals surface area contributed by atoms with Gasteiger partial charge in [0.1, 0.15) is 4.83 Å². The smallest absolute Gasteiger partial charge is 0.261 e. The summed E-state index contributed by atoms with van der Waals surface area (Å²) in [7, 11) is 1.93. The fourth-order valence-electron chi connectivity index (χ4n) is 3.13. The van der Waals surface area contributed by atoms with Crippen LogP contribution in [0, 0.1) is 6.92 Å². The highest BCUT2D eigenvalue weighted by atomic mass is 32.1. The molecule has 120 valence electrons. The van der Waals surface area contributed by atoms with E-state index >= 15 is 0 Å². The number of carbonyl (C=O) groups excluding carboxylic acids is 1. The molecule has 1 N–H and O–H groups in total. The molecule has 1 saturated heterocycles. The second kappa shape index (κ2) is 6.01. The maximum Gasteiger partial charge on any atom is 0.261 e. The van der Waals surface area contributed by atoms with Gasteiger partial charge in [-0.15, -0.1) is 11.3 Å².